The number of amides is 1. The maximum atomic E-state index is 13.6. The van der Waals surface area contributed by atoms with Gasteiger partial charge in [0.25, 0.3) is 0 Å². The molecule has 1 unspecified atom stereocenters. The number of nitrogens with zero attached hydrogens (tertiary/aromatic N) is 2. The van der Waals surface area contributed by atoms with E-state index < -0.39 is 12.0 Å². The van der Waals surface area contributed by atoms with Gasteiger partial charge >= 0.3 is 5.97 Å². The van der Waals surface area contributed by atoms with Gasteiger partial charge in [-0.05, 0) is 30.0 Å². The van der Waals surface area contributed by atoms with Crippen LogP contribution in [-0.4, -0.2) is 56.4 Å². The van der Waals surface area contributed by atoms with Gasteiger partial charge in [0, 0.05) is 31.0 Å². The van der Waals surface area contributed by atoms with Gasteiger partial charge in [-0.25, -0.2) is 9.79 Å². The first-order valence-corrected chi connectivity index (χ1v) is 13.0. The van der Waals surface area contributed by atoms with Crippen molar-refractivity contribution in [2.75, 3.05) is 34.5 Å². The number of amidine groups is 1. The predicted octanol–water partition coefficient (Wildman–Crippen LogP) is 4.17. The Morgan fingerprint density at radius 2 is 1.87 bits per heavy atom. The summed E-state index contributed by atoms with van der Waals surface area (Å²) in [5.74, 6) is 0.513. The molecule has 0 radical (unpaired) electrons. The summed E-state index contributed by atoms with van der Waals surface area (Å²) in [6, 6.07) is 14.3. The highest BCUT2D eigenvalue weighted by Crippen LogP contribution is 2.47. The molecule has 2 heterocycles. The van der Waals surface area contributed by atoms with Crippen molar-refractivity contribution in [2.45, 2.75) is 26.0 Å². The van der Waals surface area contributed by atoms with Crippen molar-refractivity contribution in [3.63, 3.8) is 0 Å². The third-order valence-electron chi connectivity index (χ3n) is 6.14. The lowest BCUT2D eigenvalue weighted by atomic mass is 9.93. The molecule has 2 aromatic carbocycles. The number of fused-ring (bicyclic) bond motifs is 1. The van der Waals surface area contributed by atoms with E-state index in [1.165, 1.54) is 11.8 Å². The topological polar surface area (TPSA) is 98.7 Å². The summed E-state index contributed by atoms with van der Waals surface area (Å²) in [7, 11) is 4.73. The quantitative estimate of drug-likeness (QED) is 0.337. The Morgan fingerprint density at radius 3 is 2.58 bits per heavy atom. The minimum Gasteiger partial charge on any atom is -0.497 e. The molecule has 0 aliphatic carbocycles. The Bertz CT molecular complexity index is 1270. The van der Waals surface area contributed by atoms with Crippen LogP contribution in [0.2, 0.25) is 0 Å². The number of thioether (sulfide) groups is 1. The number of benzene rings is 2. The largest absolute Gasteiger partial charge is 0.497 e. The second kappa shape index (κ2) is 12.7. The van der Waals surface area contributed by atoms with Crippen LogP contribution in [0.5, 0.6) is 11.5 Å². The van der Waals surface area contributed by atoms with Crippen LogP contribution in [0.4, 0.5) is 0 Å². The van der Waals surface area contributed by atoms with Crippen molar-refractivity contribution >= 4 is 28.8 Å². The molecule has 10 heteroatoms. The smallest absolute Gasteiger partial charge is 0.338 e. The molecule has 4 rings (SSSR count). The molecule has 0 bridgehead atoms. The SMILES string of the molecule is COCCNC(=O)CC1=CSC2=NC(C)=C(C(=O)OCc3ccccc3)C(c3ccc(OC)cc3OC)N12. The first kappa shape index (κ1) is 27.3. The number of carbonyl (C=O) groups is 2. The number of allylic oxidation sites excluding steroid dienone is 1. The molecule has 200 valence electrons. The normalized spacial score (nSPS) is 16.4. The van der Waals surface area contributed by atoms with E-state index in [2.05, 4.69) is 5.32 Å². The third-order valence-corrected chi connectivity index (χ3v) is 7.03. The van der Waals surface area contributed by atoms with Crippen LogP contribution < -0.4 is 14.8 Å². The van der Waals surface area contributed by atoms with Crippen LogP contribution in [0.3, 0.4) is 0 Å². The van der Waals surface area contributed by atoms with Gasteiger partial charge in [-0.15, -0.1) is 0 Å². The van der Waals surface area contributed by atoms with Gasteiger partial charge < -0.3 is 29.2 Å². The lowest BCUT2D eigenvalue weighted by molar-refractivity contribution is -0.141. The van der Waals surface area contributed by atoms with E-state index in [4.69, 9.17) is 23.9 Å². The number of hydrogen-bond donors (Lipinski definition) is 1. The summed E-state index contributed by atoms with van der Waals surface area (Å²) in [6.07, 6.45) is 0.107. The minimum absolute atomic E-state index is 0.107. The van der Waals surface area contributed by atoms with E-state index in [-0.39, 0.29) is 18.9 Å². The maximum Gasteiger partial charge on any atom is 0.338 e. The van der Waals surface area contributed by atoms with Crippen molar-refractivity contribution in [3.05, 3.63) is 82.0 Å². The average Bonchev–Trinajstić information content (AvgIpc) is 3.32. The standard InChI is InChI=1S/C28H31N3O6S/c1-18-25(27(33)37-16-19-8-6-5-7-9-19)26(22-11-10-21(35-3)15-23(22)36-4)31-20(17-38-28(31)30-18)14-24(32)29-12-13-34-2/h5-11,15,17,26H,12-14,16H2,1-4H3,(H,29,32). The van der Waals surface area contributed by atoms with Crippen molar-refractivity contribution in [1.29, 1.82) is 0 Å². The second-order valence-electron chi connectivity index (χ2n) is 8.58. The summed E-state index contributed by atoms with van der Waals surface area (Å²) in [5.41, 5.74) is 3.24. The Labute approximate surface area is 226 Å². The number of rotatable bonds is 11. The van der Waals surface area contributed by atoms with E-state index in [0.29, 0.717) is 46.8 Å². The molecule has 0 saturated heterocycles. The Kier molecular flexibility index (Phi) is 9.09. The molecule has 1 amide bonds. The monoisotopic (exact) mass is 537 g/mol. The van der Waals surface area contributed by atoms with E-state index in [1.807, 2.05) is 52.8 Å². The lowest BCUT2D eigenvalue weighted by Gasteiger charge is -2.36. The van der Waals surface area contributed by atoms with E-state index in [0.717, 1.165) is 11.1 Å². The lowest BCUT2D eigenvalue weighted by Crippen LogP contribution is -2.38. The molecule has 1 atom stereocenters. The van der Waals surface area contributed by atoms with Gasteiger partial charge in [-0.3, -0.25) is 4.79 Å². The summed E-state index contributed by atoms with van der Waals surface area (Å²) < 4.78 is 21.9. The van der Waals surface area contributed by atoms with Gasteiger partial charge in [0.1, 0.15) is 18.1 Å². The number of esters is 1. The molecule has 1 N–H and O–H groups in total. The molecular formula is C28H31N3O6S. The first-order chi connectivity index (χ1) is 18.5. The third kappa shape index (κ3) is 6.03. The Balaban J connectivity index is 1.71. The summed E-state index contributed by atoms with van der Waals surface area (Å²) in [6.45, 7) is 2.74. The molecule has 2 aromatic rings. The van der Waals surface area contributed by atoms with Crippen LogP contribution in [0.15, 0.2) is 75.9 Å². The fraction of sp³-hybridized carbons (Fsp3) is 0.321. The number of methoxy groups -OCH3 is 3. The number of aliphatic imine (C=N–C) groups is 1. The fourth-order valence-electron chi connectivity index (χ4n) is 4.29. The maximum absolute atomic E-state index is 13.6. The summed E-state index contributed by atoms with van der Waals surface area (Å²) in [5, 5.41) is 5.42. The Hall–Kier alpha value is -3.76. The number of carbonyl (C=O) groups excluding carboxylic acids is 2. The van der Waals surface area contributed by atoms with Crippen LogP contribution in [0.1, 0.15) is 30.5 Å². The van der Waals surface area contributed by atoms with Gasteiger partial charge in [-0.2, -0.15) is 0 Å². The fourth-order valence-corrected chi connectivity index (χ4v) is 5.25. The minimum atomic E-state index is -0.625. The van der Waals surface area contributed by atoms with Crippen LogP contribution in [-0.2, 0) is 25.7 Å². The van der Waals surface area contributed by atoms with E-state index in [9.17, 15) is 9.59 Å². The number of ether oxygens (including phenoxy) is 4. The van der Waals surface area contributed by atoms with Gasteiger partial charge in [-0.1, -0.05) is 42.1 Å². The molecular weight excluding hydrogens is 506 g/mol. The number of nitrogens with one attached hydrogen (secondary N) is 1. The highest BCUT2D eigenvalue weighted by Gasteiger charge is 2.42. The molecule has 0 spiro atoms. The first-order valence-electron chi connectivity index (χ1n) is 12.1. The molecule has 0 aromatic heterocycles. The van der Waals surface area contributed by atoms with E-state index >= 15 is 0 Å². The zero-order chi connectivity index (χ0) is 27.1. The van der Waals surface area contributed by atoms with E-state index in [1.54, 1.807) is 34.3 Å². The van der Waals surface area contributed by atoms with Gasteiger partial charge in [0.15, 0.2) is 5.17 Å². The second-order valence-corrected chi connectivity index (χ2v) is 9.42. The molecule has 2 aliphatic rings. The van der Waals surface area contributed by atoms with Crippen LogP contribution >= 0.6 is 11.8 Å². The molecule has 9 nitrogen and oxygen atoms in total. The summed E-state index contributed by atoms with van der Waals surface area (Å²) >= 11 is 1.41. The van der Waals surface area contributed by atoms with Crippen LogP contribution in [0.25, 0.3) is 0 Å². The zero-order valence-corrected chi connectivity index (χ0v) is 22.7. The molecule has 0 fully saturated rings. The average molecular weight is 538 g/mol. The Morgan fingerprint density at radius 1 is 1.08 bits per heavy atom. The van der Waals surface area contributed by atoms with Crippen LogP contribution in [0, 0.1) is 0 Å². The van der Waals surface area contributed by atoms with Crippen molar-refractivity contribution < 1.29 is 28.5 Å². The van der Waals surface area contributed by atoms with Gasteiger partial charge in [0.05, 0.1) is 44.6 Å². The van der Waals surface area contributed by atoms with Gasteiger partial charge in [0.2, 0.25) is 5.91 Å². The summed E-state index contributed by atoms with van der Waals surface area (Å²) in [4.78, 5) is 33.0. The van der Waals surface area contributed by atoms with Crippen molar-refractivity contribution in [3.8, 4) is 11.5 Å². The highest BCUT2D eigenvalue weighted by atomic mass is 32.2. The van der Waals surface area contributed by atoms with Crippen molar-refractivity contribution in [1.82, 2.24) is 10.2 Å². The molecule has 38 heavy (non-hydrogen) atoms. The predicted molar refractivity (Wildman–Crippen MR) is 146 cm³/mol. The number of hydrogen-bond acceptors (Lipinski definition) is 9. The highest BCUT2D eigenvalue weighted by molar-refractivity contribution is 8.16. The zero-order valence-electron chi connectivity index (χ0n) is 21.9. The van der Waals surface area contributed by atoms with Crippen molar-refractivity contribution in [2.24, 2.45) is 4.99 Å². The molecule has 0 saturated carbocycles. The molecule has 2 aliphatic heterocycles.